The summed E-state index contributed by atoms with van der Waals surface area (Å²) in [7, 11) is -4.52. The van der Waals surface area contributed by atoms with Crippen LogP contribution in [0.2, 0.25) is 0 Å². The van der Waals surface area contributed by atoms with Crippen molar-refractivity contribution in [3.8, 4) is 0 Å². The number of carbonyl (C=O) groups excluding carboxylic acids is 1. The second-order valence-corrected chi connectivity index (χ2v) is 10.7. The lowest BCUT2D eigenvalue weighted by Gasteiger charge is -2.42. The van der Waals surface area contributed by atoms with Crippen LogP contribution >= 0.6 is 0 Å². The van der Waals surface area contributed by atoms with Crippen molar-refractivity contribution in [3.05, 3.63) is 65.0 Å². The van der Waals surface area contributed by atoms with Crippen molar-refractivity contribution in [2.24, 2.45) is 0 Å². The lowest BCUT2D eigenvalue weighted by atomic mass is 9.77. The van der Waals surface area contributed by atoms with Gasteiger partial charge in [-0.15, -0.1) is 0 Å². The maximum atomic E-state index is 14.7. The zero-order valence-electron chi connectivity index (χ0n) is 17.6. The molecule has 2 unspecified atom stereocenters. The number of hydrogen-bond acceptors (Lipinski definition) is 3. The number of benzene rings is 2. The zero-order chi connectivity index (χ0) is 26.0. The second kappa shape index (κ2) is 7.90. The standard InChI is InChI=1S/C22H17F8NO3S/c23-15-2-1-3-16(11-15)35(33,34)19-8-9-31(12-32)18(19)7-4-13-10-14(5-6-17(13)19)20(24,21(25,26)27)22(28,29)30/h1-3,5-6,10-12,18H,4,7-9H2. The minimum Gasteiger partial charge on any atom is -0.340 e. The Hall–Kier alpha value is -2.70. The summed E-state index contributed by atoms with van der Waals surface area (Å²) in [5, 5.41) is 0. The molecule has 4 rings (SSSR count). The number of nitrogens with zero attached hydrogens (tertiary/aromatic N) is 1. The molecule has 35 heavy (non-hydrogen) atoms. The van der Waals surface area contributed by atoms with Crippen LogP contribution in [0.25, 0.3) is 0 Å². The highest BCUT2D eigenvalue weighted by molar-refractivity contribution is 7.92. The quantitative estimate of drug-likeness (QED) is 0.417. The van der Waals surface area contributed by atoms with Crippen molar-refractivity contribution >= 4 is 16.2 Å². The molecule has 0 N–H and O–H groups in total. The molecule has 0 bridgehead atoms. The van der Waals surface area contributed by atoms with Crippen LogP contribution in [-0.4, -0.2) is 44.7 Å². The van der Waals surface area contributed by atoms with E-state index in [0.717, 1.165) is 30.3 Å². The molecule has 2 aromatic carbocycles. The predicted molar refractivity (Wildman–Crippen MR) is 106 cm³/mol. The number of alkyl halides is 7. The molecule has 1 saturated heterocycles. The smallest absolute Gasteiger partial charge is 0.340 e. The first-order valence-corrected chi connectivity index (χ1v) is 11.8. The third-order valence-electron chi connectivity index (χ3n) is 6.83. The maximum absolute atomic E-state index is 14.7. The van der Waals surface area contributed by atoms with Gasteiger partial charge in [-0.05, 0) is 48.6 Å². The minimum absolute atomic E-state index is 0.0674. The molecule has 2 aliphatic rings. The van der Waals surface area contributed by atoms with Gasteiger partial charge < -0.3 is 4.90 Å². The van der Waals surface area contributed by atoms with E-state index in [9.17, 15) is 48.3 Å². The van der Waals surface area contributed by atoms with Crippen LogP contribution in [0, 0.1) is 5.82 Å². The van der Waals surface area contributed by atoms with Crippen LogP contribution in [0.15, 0.2) is 47.4 Å². The Morgan fingerprint density at radius 2 is 1.63 bits per heavy atom. The first kappa shape index (κ1) is 25.4. The summed E-state index contributed by atoms with van der Waals surface area (Å²) in [6.45, 7) is -0.0674. The topological polar surface area (TPSA) is 54.5 Å². The van der Waals surface area contributed by atoms with Crippen LogP contribution in [0.5, 0.6) is 0 Å². The largest absolute Gasteiger partial charge is 0.435 e. The van der Waals surface area contributed by atoms with Gasteiger partial charge in [0.2, 0.25) is 6.41 Å². The SMILES string of the molecule is O=CN1CCC2(S(=O)(=O)c3cccc(F)c3)c3ccc(C(F)(C(F)(F)F)C(F)(F)F)cc3CCC12. The van der Waals surface area contributed by atoms with Gasteiger partial charge in [0.1, 0.15) is 10.6 Å². The van der Waals surface area contributed by atoms with E-state index >= 15 is 0 Å². The summed E-state index contributed by atoms with van der Waals surface area (Å²) in [6, 6.07) is 4.38. The van der Waals surface area contributed by atoms with E-state index in [1.807, 2.05) is 0 Å². The van der Waals surface area contributed by atoms with Crippen LogP contribution < -0.4 is 0 Å². The molecule has 1 aliphatic carbocycles. The van der Waals surface area contributed by atoms with Crippen molar-refractivity contribution in [2.45, 2.75) is 53.0 Å². The fourth-order valence-corrected chi connectivity index (χ4v) is 7.64. The monoisotopic (exact) mass is 527 g/mol. The highest BCUT2D eigenvalue weighted by Gasteiger charge is 2.73. The number of aryl methyl sites for hydroxylation is 1. The van der Waals surface area contributed by atoms with Gasteiger partial charge in [0.25, 0.3) is 0 Å². The third kappa shape index (κ3) is 3.45. The fourth-order valence-electron chi connectivity index (χ4n) is 5.24. The maximum Gasteiger partial charge on any atom is 0.435 e. The molecule has 1 amide bonds. The van der Waals surface area contributed by atoms with E-state index in [2.05, 4.69) is 0 Å². The normalized spacial score (nSPS) is 23.1. The van der Waals surface area contributed by atoms with Gasteiger partial charge in [-0.2, -0.15) is 26.3 Å². The summed E-state index contributed by atoms with van der Waals surface area (Å²) in [5.74, 6) is -0.881. The van der Waals surface area contributed by atoms with E-state index in [-0.39, 0.29) is 43.0 Å². The molecule has 13 heteroatoms. The van der Waals surface area contributed by atoms with E-state index < -0.39 is 54.9 Å². The second-order valence-electron chi connectivity index (χ2n) is 8.52. The molecule has 1 aliphatic heterocycles. The molecule has 4 nitrogen and oxygen atoms in total. The summed E-state index contributed by atoms with van der Waals surface area (Å²) in [4.78, 5) is 12.3. The van der Waals surface area contributed by atoms with Crippen molar-refractivity contribution in [1.82, 2.24) is 4.90 Å². The van der Waals surface area contributed by atoms with Gasteiger partial charge in [-0.3, -0.25) is 4.79 Å². The molecular formula is C22H17F8NO3S. The van der Waals surface area contributed by atoms with E-state index in [1.54, 1.807) is 0 Å². The molecule has 0 spiro atoms. The van der Waals surface area contributed by atoms with Crippen molar-refractivity contribution in [3.63, 3.8) is 0 Å². The Morgan fingerprint density at radius 1 is 0.971 bits per heavy atom. The van der Waals surface area contributed by atoms with Crippen molar-refractivity contribution < 1.29 is 48.3 Å². The number of hydrogen-bond donors (Lipinski definition) is 0. The fraction of sp³-hybridized carbons (Fsp3) is 0.409. The first-order chi connectivity index (χ1) is 16.1. The molecule has 0 radical (unpaired) electrons. The average molecular weight is 527 g/mol. The van der Waals surface area contributed by atoms with E-state index in [0.29, 0.717) is 12.5 Å². The highest BCUT2D eigenvalue weighted by atomic mass is 32.2. The van der Waals surface area contributed by atoms with Crippen LogP contribution in [0.3, 0.4) is 0 Å². The number of rotatable bonds is 4. The summed E-state index contributed by atoms with van der Waals surface area (Å²) < 4.78 is 134. The number of halogens is 8. The number of amides is 1. The number of carbonyl (C=O) groups is 1. The van der Waals surface area contributed by atoms with Crippen LogP contribution in [0.1, 0.15) is 29.5 Å². The summed E-state index contributed by atoms with van der Waals surface area (Å²) >= 11 is 0. The molecular weight excluding hydrogens is 510 g/mol. The van der Waals surface area contributed by atoms with E-state index in [1.165, 1.54) is 4.90 Å². The Kier molecular flexibility index (Phi) is 5.73. The first-order valence-electron chi connectivity index (χ1n) is 10.3. The number of sulfone groups is 1. The van der Waals surface area contributed by atoms with Crippen molar-refractivity contribution in [2.75, 3.05) is 6.54 Å². The van der Waals surface area contributed by atoms with E-state index in [4.69, 9.17) is 0 Å². The lowest BCUT2D eigenvalue weighted by molar-refractivity contribution is -0.348. The molecule has 0 saturated carbocycles. The van der Waals surface area contributed by atoms with Gasteiger partial charge in [-0.1, -0.05) is 24.3 Å². The van der Waals surface area contributed by atoms with Gasteiger partial charge in [0.05, 0.1) is 10.9 Å². The minimum atomic E-state index is -6.33. The van der Waals surface area contributed by atoms with Gasteiger partial charge >= 0.3 is 18.0 Å². The molecule has 1 fully saturated rings. The molecule has 0 aromatic heterocycles. The van der Waals surface area contributed by atoms with Gasteiger partial charge in [0, 0.05) is 12.1 Å². The molecule has 2 aromatic rings. The van der Waals surface area contributed by atoms with Crippen LogP contribution in [0.4, 0.5) is 35.1 Å². The van der Waals surface area contributed by atoms with Crippen molar-refractivity contribution in [1.29, 1.82) is 0 Å². The molecule has 1 heterocycles. The number of fused-ring (bicyclic) bond motifs is 3. The van der Waals surface area contributed by atoms with Gasteiger partial charge in [-0.25, -0.2) is 17.2 Å². The summed E-state index contributed by atoms with van der Waals surface area (Å²) in [5.41, 5.74) is -7.76. The molecule has 190 valence electrons. The Morgan fingerprint density at radius 3 is 2.20 bits per heavy atom. The molecule has 2 atom stereocenters. The Bertz CT molecular complexity index is 1260. The van der Waals surface area contributed by atoms with Crippen LogP contribution in [-0.2, 0) is 31.5 Å². The Balaban J connectivity index is 1.97. The Labute approximate surface area is 194 Å². The third-order valence-corrected chi connectivity index (χ3v) is 9.36. The van der Waals surface area contributed by atoms with Gasteiger partial charge in [0.15, 0.2) is 9.84 Å². The summed E-state index contributed by atoms with van der Waals surface area (Å²) in [6.07, 6.45) is -12.8. The highest BCUT2D eigenvalue weighted by Crippen LogP contribution is 2.56. The predicted octanol–water partition coefficient (Wildman–Crippen LogP) is 4.96. The number of likely N-dealkylation sites (tertiary alicyclic amines) is 1. The average Bonchev–Trinajstić information content (AvgIpc) is 3.17. The zero-order valence-corrected chi connectivity index (χ0v) is 18.4. The lowest BCUT2D eigenvalue weighted by Crippen LogP contribution is -2.52.